The van der Waals surface area contributed by atoms with E-state index in [1.807, 2.05) is 36.1 Å². The molecule has 3 heteroatoms. The van der Waals surface area contributed by atoms with Crippen LogP contribution < -0.4 is 4.74 Å². The normalized spacial score (nSPS) is 16.2. The van der Waals surface area contributed by atoms with Gasteiger partial charge in [0.1, 0.15) is 5.75 Å². The maximum atomic E-state index is 12.0. The van der Waals surface area contributed by atoms with Crippen molar-refractivity contribution in [3.8, 4) is 5.75 Å². The summed E-state index contributed by atoms with van der Waals surface area (Å²) in [6.45, 7) is 6.78. The number of piperidine rings is 1. The Hall–Kier alpha value is -1.51. The van der Waals surface area contributed by atoms with Crippen molar-refractivity contribution in [2.45, 2.75) is 39.5 Å². The first-order valence-electron chi connectivity index (χ1n) is 7.62. The summed E-state index contributed by atoms with van der Waals surface area (Å²) in [6.07, 6.45) is 3.68. The highest BCUT2D eigenvalue weighted by Gasteiger charge is 2.19. The van der Waals surface area contributed by atoms with Gasteiger partial charge in [0.15, 0.2) is 0 Å². The summed E-state index contributed by atoms with van der Waals surface area (Å²) in [5.74, 6) is 1.94. The number of amides is 1. The Bertz CT molecular complexity index is 436. The van der Waals surface area contributed by atoms with E-state index in [4.69, 9.17) is 4.74 Å². The Balaban J connectivity index is 1.64. The first kappa shape index (κ1) is 14.9. The van der Waals surface area contributed by atoms with Crippen LogP contribution in [-0.4, -0.2) is 30.5 Å². The Morgan fingerprint density at radius 2 is 2.10 bits per heavy atom. The lowest BCUT2D eigenvalue weighted by atomic mass is 9.99. The van der Waals surface area contributed by atoms with E-state index in [2.05, 4.69) is 6.92 Å². The molecule has 0 aliphatic carbocycles. The number of hydrogen-bond donors (Lipinski definition) is 0. The van der Waals surface area contributed by atoms with E-state index in [1.165, 1.54) is 5.56 Å². The maximum Gasteiger partial charge on any atom is 0.222 e. The number of benzene rings is 1. The van der Waals surface area contributed by atoms with Gasteiger partial charge in [0.2, 0.25) is 5.91 Å². The number of ether oxygens (including phenoxy) is 1. The molecule has 1 aliphatic rings. The number of rotatable bonds is 5. The van der Waals surface area contributed by atoms with E-state index in [1.54, 1.807) is 0 Å². The van der Waals surface area contributed by atoms with Crippen molar-refractivity contribution in [2.24, 2.45) is 5.92 Å². The smallest absolute Gasteiger partial charge is 0.222 e. The summed E-state index contributed by atoms with van der Waals surface area (Å²) in [5.41, 5.74) is 1.20. The quantitative estimate of drug-likeness (QED) is 0.771. The Labute approximate surface area is 121 Å². The minimum atomic E-state index is 0.282. The Kier molecular flexibility index (Phi) is 5.45. The van der Waals surface area contributed by atoms with Crippen LogP contribution in [0.1, 0.15) is 38.2 Å². The number of carbonyl (C=O) groups excluding carboxylic acids is 1. The van der Waals surface area contributed by atoms with Gasteiger partial charge in [-0.05, 0) is 49.8 Å². The van der Waals surface area contributed by atoms with Gasteiger partial charge in [-0.2, -0.15) is 0 Å². The fourth-order valence-electron chi connectivity index (χ4n) is 2.53. The fourth-order valence-corrected chi connectivity index (χ4v) is 2.53. The highest BCUT2D eigenvalue weighted by Crippen LogP contribution is 2.17. The zero-order valence-corrected chi connectivity index (χ0v) is 12.6. The lowest BCUT2D eigenvalue weighted by molar-refractivity contribution is -0.132. The van der Waals surface area contributed by atoms with Crippen LogP contribution in [0.3, 0.4) is 0 Å². The molecule has 1 heterocycles. The molecule has 1 saturated heterocycles. The third-order valence-electron chi connectivity index (χ3n) is 3.93. The minimum absolute atomic E-state index is 0.282. The fraction of sp³-hybridized carbons (Fsp3) is 0.588. The molecule has 110 valence electrons. The molecule has 0 atom stereocenters. The molecule has 2 rings (SSSR count). The van der Waals surface area contributed by atoms with Crippen LogP contribution in [-0.2, 0) is 4.79 Å². The molecule has 0 aromatic heterocycles. The number of aryl methyl sites for hydroxylation is 1. The second-order valence-electron chi connectivity index (χ2n) is 5.83. The van der Waals surface area contributed by atoms with Gasteiger partial charge in [-0.25, -0.2) is 0 Å². The second-order valence-corrected chi connectivity index (χ2v) is 5.83. The van der Waals surface area contributed by atoms with Crippen molar-refractivity contribution in [1.82, 2.24) is 4.90 Å². The molecule has 0 bridgehead atoms. The van der Waals surface area contributed by atoms with Crippen molar-refractivity contribution >= 4 is 5.91 Å². The molecule has 0 spiro atoms. The molecule has 1 aromatic rings. The van der Waals surface area contributed by atoms with Gasteiger partial charge >= 0.3 is 0 Å². The predicted octanol–water partition coefficient (Wildman–Crippen LogP) is 3.41. The third kappa shape index (κ3) is 4.55. The summed E-state index contributed by atoms with van der Waals surface area (Å²) in [6, 6.07) is 8.02. The predicted molar refractivity (Wildman–Crippen MR) is 80.9 cm³/mol. The Morgan fingerprint density at radius 3 is 2.80 bits per heavy atom. The lowest BCUT2D eigenvalue weighted by Gasteiger charge is -2.30. The van der Waals surface area contributed by atoms with E-state index >= 15 is 0 Å². The van der Waals surface area contributed by atoms with Crippen LogP contribution in [0.2, 0.25) is 0 Å². The van der Waals surface area contributed by atoms with Crippen LogP contribution in [0.25, 0.3) is 0 Å². The van der Waals surface area contributed by atoms with Gasteiger partial charge in [-0.1, -0.05) is 19.1 Å². The number of likely N-dealkylation sites (tertiary alicyclic amines) is 1. The van der Waals surface area contributed by atoms with Crippen molar-refractivity contribution < 1.29 is 9.53 Å². The van der Waals surface area contributed by atoms with Crippen molar-refractivity contribution in [2.75, 3.05) is 19.7 Å². The molecule has 1 amide bonds. The van der Waals surface area contributed by atoms with E-state index in [9.17, 15) is 4.79 Å². The van der Waals surface area contributed by atoms with E-state index in [0.29, 0.717) is 13.0 Å². The second kappa shape index (κ2) is 7.32. The third-order valence-corrected chi connectivity index (χ3v) is 3.93. The number of nitrogens with zero attached hydrogens (tertiary/aromatic N) is 1. The van der Waals surface area contributed by atoms with Crippen LogP contribution in [0.15, 0.2) is 24.3 Å². The largest absolute Gasteiger partial charge is 0.494 e. The van der Waals surface area contributed by atoms with Gasteiger partial charge in [-0.15, -0.1) is 0 Å². The Morgan fingerprint density at radius 1 is 1.35 bits per heavy atom. The van der Waals surface area contributed by atoms with E-state index in [0.717, 1.165) is 44.0 Å². The highest BCUT2D eigenvalue weighted by molar-refractivity contribution is 5.76. The SMILES string of the molecule is Cc1cccc(OCCCC(=O)N2CCC(C)CC2)c1. The van der Waals surface area contributed by atoms with Gasteiger partial charge in [0, 0.05) is 19.5 Å². The lowest BCUT2D eigenvalue weighted by Crippen LogP contribution is -2.37. The average molecular weight is 275 g/mol. The van der Waals surface area contributed by atoms with E-state index < -0.39 is 0 Å². The molecule has 0 radical (unpaired) electrons. The average Bonchev–Trinajstić information content (AvgIpc) is 2.44. The molecule has 1 aliphatic heterocycles. The van der Waals surface area contributed by atoms with Crippen LogP contribution in [0.4, 0.5) is 0 Å². The van der Waals surface area contributed by atoms with Gasteiger partial charge < -0.3 is 9.64 Å². The van der Waals surface area contributed by atoms with Crippen molar-refractivity contribution in [1.29, 1.82) is 0 Å². The summed E-state index contributed by atoms with van der Waals surface area (Å²) in [4.78, 5) is 14.0. The van der Waals surface area contributed by atoms with Crippen molar-refractivity contribution in [3.05, 3.63) is 29.8 Å². The standard InChI is InChI=1S/C17H25NO2/c1-14-8-10-18(11-9-14)17(19)7-4-12-20-16-6-3-5-15(2)13-16/h3,5-6,13-14H,4,7-12H2,1-2H3. The molecular weight excluding hydrogens is 250 g/mol. The summed E-state index contributed by atoms with van der Waals surface area (Å²) < 4.78 is 5.67. The molecule has 20 heavy (non-hydrogen) atoms. The first-order valence-corrected chi connectivity index (χ1v) is 7.62. The molecule has 0 saturated carbocycles. The summed E-state index contributed by atoms with van der Waals surface area (Å²) in [7, 11) is 0. The molecule has 1 fully saturated rings. The zero-order chi connectivity index (χ0) is 14.4. The first-order chi connectivity index (χ1) is 9.65. The number of hydrogen-bond acceptors (Lipinski definition) is 2. The van der Waals surface area contributed by atoms with Crippen LogP contribution in [0, 0.1) is 12.8 Å². The molecular formula is C17H25NO2. The molecule has 1 aromatic carbocycles. The monoisotopic (exact) mass is 275 g/mol. The molecule has 0 unspecified atom stereocenters. The summed E-state index contributed by atoms with van der Waals surface area (Å²) >= 11 is 0. The van der Waals surface area contributed by atoms with Crippen molar-refractivity contribution in [3.63, 3.8) is 0 Å². The topological polar surface area (TPSA) is 29.5 Å². The highest BCUT2D eigenvalue weighted by atomic mass is 16.5. The van der Waals surface area contributed by atoms with E-state index in [-0.39, 0.29) is 5.91 Å². The van der Waals surface area contributed by atoms with Crippen LogP contribution >= 0.6 is 0 Å². The van der Waals surface area contributed by atoms with Gasteiger partial charge in [0.25, 0.3) is 0 Å². The molecule has 3 nitrogen and oxygen atoms in total. The minimum Gasteiger partial charge on any atom is -0.494 e. The molecule has 0 N–H and O–H groups in total. The van der Waals surface area contributed by atoms with Gasteiger partial charge in [0.05, 0.1) is 6.61 Å². The van der Waals surface area contributed by atoms with Gasteiger partial charge in [-0.3, -0.25) is 4.79 Å². The number of carbonyl (C=O) groups is 1. The maximum absolute atomic E-state index is 12.0. The zero-order valence-electron chi connectivity index (χ0n) is 12.6. The van der Waals surface area contributed by atoms with Crippen LogP contribution in [0.5, 0.6) is 5.75 Å². The summed E-state index contributed by atoms with van der Waals surface area (Å²) in [5, 5.41) is 0.